The van der Waals surface area contributed by atoms with Crippen LogP contribution in [0.2, 0.25) is 0 Å². The van der Waals surface area contributed by atoms with Crippen molar-refractivity contribution in [3.05, 3.63) is 89.7 Å². The number of hydrogen-bond acceptors (Lipinski definition) is 4. The molecule has 1 aliphatic heterocycles. The molecule has 0 spiro atoms. The molecule has 0 bridgehead atoms. The van der Waals surface area contributed by atoms with Crippen molar-refractivity contribution in [1.29, 1.82) is 5.26 Å². The van der Waals surface area contributed by atoms with Crippen molar-refractivity contribution in [3.8, 4) is 17.6 Å². The topological polar surface area (TPSA) is 56.6 Å². The lowest BCUT2D eigenvalue weighted by Crippen LogP contribution is -2.35. The zero-order valence-electron chi connectivity index (χ0n) is 17.0. The molecule has 156 valence electrons. The lowest BCUT2D eigenvalue weighted by molar-refractivity contribution is 0.0766. The fraction of sp³-hybridized carbons (Fsp3) is 0.200. The van der Waals surface area contributed by atoms with E-state index in [9.17, 15) is 9.18 Å². The Morgan fingerprint density at radius 1 is 0.903 bits per heavy atom. The van der Waals surface area contributed by atoms with Gasteiger partial charge in [-0.3, -0.25) is 4.79 Å². The average molecular weight is 415 g/mol. The van der Waals surface area contributed by atoms with Crippen molar-refractivity contribution < 1.29 is 13.9 Å². The zero-order chi connectivity index (χ0) is 21.6. The molecule has 0 unspecified atom stereocenters. The van der Waals surface area contributed by atoms with Crippen molar-refractivity contribution in [2.24, 2.45) is 0 Å². The minimum absolute atomic E-state index is 0.0359. The first-order valence-corrected chi connectivity index (χ1v) is 10.2. The van der Waals surface area contributed by atoms with Crippen LogP contribution in [0.5, 0.6) is 11.5 Å². The van der Waals surface area contributed by atoms with Crippen molar-refractivity contribution in [2.45, 2.75) is 6.42 Å². The molecule has 6 heteroatoms. The maximum absolute atomic E-state index is 13.2. The van der Waals surface area contributed by atoms with Crippen LogP contribution in [0.3, 0.4) is 0 Å². The second-order valence-corrected chi connectivity index (χ2v) is 7.38. The van der Waals surface area contributed by atoms with Crippen LogP contribution in [-0.2, 0) is 0 Å². The second kappa shape index (κ2) is 9.31. The molecule has 1 heterocycles. The maximum atomic E-state index is 13.2. The van der Waals surface area contributed by atoms with Gasteiger partial charge in [0, 0.05) is 37.4 Å². The molecule has 0 N–H and O–H groups in total. The first kappa shape index (κ1) is 20.4. The monoisotopic (exact) mass is 415 g/mol. The van der Waals surface area contributed by atoms with E-state index in [0.717, 1.165) is 18.7 Å². The smallest absolute Gasteiger partial charge is 0.254 e. The summed E-state index contributed by atoms with van der Waals surface area (Å²) in [5.74, 6) is 0.886. The predicted octanol–water partition coefficient (Wildman–Crippen LogP) is 4.84. The van der Waals surface area contributed by atoms with Gasteiger partial charge in [-0.1, -0.05) is 6.07 Å². The Kier molecular flexibility index (Phi) is 6.13. The van der Waals surface area contributed by atoms with E-state index in [1.807, 2.05) is 4.90 Å². The minimum Gasteiger partial charge on any atom is -0.457 e. The van der Waals surface area contributed by atoms with Crippen LogP contribution in [-0.4, -0.2) is 37.0 Å². The highest BCUT2D eigenvalue weighted by Gasteiger charge is 2.21. The largest absolute Gasteiger partial charge is 0.457 e. The van der Waals surface area contributed by atoms with Gasteiger partial charge in [-0.15, -0.1) is 0 Å². The number of rotatable bonds is 4. The number of benzene rings is 3. The number of halogens is 1. The fourth-order valence-electron chi connectivity index (χ4n) is 3.64. The Bertz CT molecular complexity index is 1090. The average Bonchev–Trinajstić information content (AvgIpc) is 3.06. The first-order valence-electron chi connectivity index (χ1n) is 10.2. The van der Waals surface area contributed by atoms with Gasteiger partial charge in [-0.05, 0) is 73.2 Å². The minimum atomic E-state index is -0.251. The van der Waals surface area contributed by atoms with Gasteiger partial charge in [0.2, 0.25) is 0 Å². The molecule has 0 atom stereocenters. The molecule has 5 nitrogen and oxygen atoms in total. The highest BCUT2D eigenvalue weighted by atomic mass is 19.1. The summed E-state index contributed by atoms with van der Waals surface area (Å²) in [4.78, 5) is 17.1. The van der Waals surface area contributed by atoms with Crippen LogP contribution in [0.1, 0.15) is 22.3 Å². The lowest BCUT2D eigenvalue weighted by atomic mass is 10.2. The van der Waals surface area contributed by atoms with Gasteiger partial charge in [-0.2, -0.15) is 5.26 Å². The molecule has 0 aliphatic carbocycles. The highest BCUT2D eigenvalue weighted by molar-refractivity contribution is 5.94. The second-order valence-electron chi connectivity index (χ2n) is 7.38. The summed E-state index contributed by atoms with van der Waals surface area (Å²) in [7, 11) is 0. The first-order chi connectivity index (χ1) is 15.1. The van der Waals surface area contributed by atoms with E-state index < -0.39 is 0 Å². The van der Waals surface area contributed by atoms with Gasteiger partial charge in [-0.25, -0.2) is 4.39 Å². The quantitative estimate of drug-likeness (QED) is 0.612. The van der Waals surface area contributed by atoms with Crippen molar-refractivity contribution in [1.82, 2.24) is 4.90 Å². The number of carbonyl (C=O) groups excluding carboxylic acids is 1. The van der Waals surface area contributed by atoms with Crippen LogP contribution < -0.4 is 9.64 Å². The van der Waals surface area contributed by atoms with E-state index in [1.54, 1.807) is 60.7 Å². The normalized spacial score (nSPS) is 13.9. The van der Waals surface area contributed by atoms with Crippen molar-refractivity contribution in [2.75, 3.05) is 31.1 Å². The van der Waals surface area contributed by atoms with E-state index in [2.05, 4.69) is 11.0 Å². The molecular formula is C25H22FN3O2. The third-order valence-corrected chi connectivity index (χ3v) is 5.27. The molecule has 0 aromatic heterocycles. The summed E-state index contributed by atoms with van der Waals surface area (Å²) in [6.45, 7) is 2.77. The number of amides is 1. The van der Waals surface area contributed by atoms with Gasteiger partial charge in [0.15, 0.2) is 0 Å². The Morgan fingerprint density at radius 2 is 1.68 bits per heavy atom. The maximum Gasteiger partial charge on any atom is 0.254 e. The highest BCUT2D eigenvalue weighted by Crippen LogP contribution is 2.24. The van der Waals surface area contributed by atoms with Crippen molar-refractivity contribution in [3.63, 3.8) is 0 Å². The van der Waals surface area contributed by atoms with Crippen LogP contribution in [0.4, 0.5) is 10.1 Å². The van der Waals surface area contributed by atoms with Gasteiger partial charge in [0.25, 0.3) is 5.91 Å². The number of nitrogens with zero attached hydrogens (tertiary/aromatic N) is 3. The van der Waals surface area contributed by atoms with Crippen LogP contribution in [0.25, 0.3) is 0 Å². The lowest BCUT2D eigenvalue weighted by Gasteiger charge is -2.24. The fourth-order valence-corrected chi connectivity index (χ4v) is 3.64. The number of anilines is 1. The Balaban J connectivity index is 1.42. The summed E-state index contributed by atoms with van der Waals surface area (Å²) < 4.78 is 19.0. The van der Waals surface area contributed by atoms with E-state index in [0.29, 0.717) is 42.3 Å². The Morgan fingerprint density at radius 3 is 2.42 bits per heavy atom. The van der Waals surface area contributed by atoms with Crippen molar-refractivity contribution >= 4 is 11.6 Å². The van der Waals surface area contributed by atoms with Gasteiger partial charge >= 0.3 is 0 Å². The zero-order valence-corrected chi connectivity index (χ0v) is 17.0. The number of ether oxygens (including phenoxy) is 1. The molecule has 1 fully saturated rings. The van der Waals surface area contributed by atoms with E-state index in [4.69, 9.17) is 10.00 Å². The predicted molar refractivity (Wildman–Crippen MR) is 117 cm³/mol. The molecule has 1 amide bonds. The summed E-state index contributed by atoms with van der Waals surface area (Å²) in [6, 6.07) is 22.5. The third-order valence-electron chi connectivity index (χ3n) is 5.27. The molecule has 31 heavy (non-hydrogen) atoms. The van der Waals surface area contributed by atoms with Gasteiger partial charge in [0.05, 0.1) is 11.6 Å². The number of carbonyl (C=O) groups is 1. The standard InChI is InChI=1S/C25H22FN3O2/c26-21-7-9-22(10-8-21)28-13-2-14-29(16-15-28)25(30)20-3-1-4-24(17-20)31-23-11-5-19(18-27)6-12-23/h1,3-12,17H,2,13-16H2. The van der Waals surface area contributed by atoms with E-state index in [1.165, 1.54) is 12.1 Å². The van der Waals surface area contributed by atoms with Gasteiger partial charge < -0.3 is 14.5 Å². The third kappa shape index (κ3) is 5.01. The molecular weight excluding hydrogens is 393 g/mol. The van der Waals surface area contributed by atoms with Crippen LogP contribution >= 0.6 is 0 Å². The Labute approximate surface area is 180 Å². The number of hydrogen-bond donors (Lipinski definition) is 0. The van der Waals surface area contributed by atoms with Gasteiger partial charge in [0.1, 0.15) is 17.3 Å². The molecule has 0 saturated carbocycles. The summed E-state index contributed by atoms with van der Waals surface area (Å²) in [5, 5.41) is 8.90. The summed E-state index contributed by atoms with van der Waals surface area (Å²) >= 11 is 0. The van der Waals surface area contributed by atoms with Crippen LogP contribution in [0, 0.1) is 17.1 Å². The molecule has 0 radical (unpaired) electrons. The van der Waals surface area contributed by atoms with E-state index in [-0.39, 0.29) is 11.7 Å². The number of nitriles is 1. The Hall–Kier alpha value is -3.85. The van der Waals surface area contributed by atoms with Crippen LogP contribution in [0.15, 0.2) is 72.8 Å². The molecule has 1 saturated heterocycles. The SMILES string of the molecule is N#Cc1ccc(Oc2cccc(C(=O)N3CCCN(c4ccc(F)cc4)CC3)c2)cc1. The molecule has 1 aliphatic rings. The summed E-state index contributed by atoms with van der Waals surface area (Å²) in [6.07, 6.45) is 0.838. The summed E-state index contributed by atoms with van der Waals surface area (Å²) in [5.41, 5.74) is 2.10. The van der Waals surface area contributed by atoms with E-state index >= 15 is 0 Å². The molecule has 4 rings (SSSR count). The molecule has 3 aromatic rings. The molecule has 3 aromatic carbocycles.